The van der Waals surface area contributed by atoms with Crippen molar-refractivity contribution in [3.8, 4) is 0 Å². The van der Waals surface area contributed by atoms with E-state index in [1.165, 1.54) is 31.2 Å². The fourth-order valence-corrected chi connectivity index (χ4v) is 5.25. The zero-order chi connectivity index (χ0) is 20.6. The van der Waals surface area contributed by atoms with E-state index in [4.69, 9.17) is 11.5 Å². The van der Waals surface area contributed by atoms with E-state index in [0.717, 1.165) is 50.3 Å². The van der Waals surface area contributed by atoms with Crippen molar-refractivity contribution < 1.29 is 13.2 Å². The molecule has 1 aliphatic carbocycles. The second-order valence-electron chi connectivity index (χ2n) is 7.72. The maximum Gasteiger partial charge on any atom is 0.434 e. The Labute approximate surface area is 171 Å². The highest BCUT2D eigenvalue weighted by Gasteiger charge is 2.43. The van der Waals surface area contributed by atoms with Crippen LogP contribution in [0.2, 0.25) is 0 Å². The molecule has 1 saturated carbocycles. The average Bonchev–Trinajstić information content (AvgIpc) is 3.03. The van der Waals surface area contributed by atoms with Gasteiger partial charge in [0.1, 0.15) is 5.82 Å². The van der Waals surface area contributed by atoms with Crippen molar-refractivity contribution >= 4 is 23.5 Å². The monoisotopic (exact) mass is 424 g/mol. The molecule has 0 aromatic carbocycles. The van der Waals surface area contributed by atoms with Gasteiger partial charge in [-0.25, -0.2) is 4.98 Å². The molecule has 3 heterocycles. The fraction of sp³-hybridized carbons (Fsp3) is 0.526. The normalized spacial score (nSPS) is 21.7. The number of rotatable bonds is 3. The van der Waals surface area contributed by atoms with Gasteiger partial charge in [-0.1, -0.05) is 18.2 Å². The third-order valence-corrected chi connectivity index (χ3v) is 7.13. The molecule has 29 heavy (non-hydrogen) atoms. The summed E-state index contributed by atoms with van der Waals surface area (Å²) in [5.41, 5.74) is 11.7. The van der Waals surface area contributed by atoms with Gasteiger partial charge in [-0.15, -0.1) is 0 Å². The van der Waals surface area contributed by atoms with Crippen molar-refractivity contribution in [1.82, 2.24) is 15.0 Å². The van der Waals surface area contributed by atoms with Crippen LogP contribution in [-0.4, -0.2) is 34.1 Å². The molecule has 2 aromatic rings. The zero-order valence-corrected chi connectivity index (χ0v) is 16.6. The highest BCUT2D eigenvalue weighted by Crippen LogP contribution is 2.46. The summed E-state index contributed by atoms with van der Waals surface area (Å²) < 4.78 is 39.5. The van der Waals surface area contributed by atoms with Gasteiger partial charge in [-0.3, -0.25) is 4.98 Å². The van der Waals surface area contributed by atoms with Gasteiger partial charge in [0.25, 0.3) is 0 Å². The SMILES string of the molecule is Nc1nc(N2CCC3(CCC[C@@H]3N)CC2)ncc1Sc1cccnc1C(F)(F)F. The molecule has 2 aromatic heterocycles. The van der Waals surface area contributed by atoms with Crippen LogP contribution < -0.4 is 16.4 Å². The molecule has 1 saturated heterocycles. The van der Waals surface area contributed by atoms with Crippen LogP contribution in [0.5, 0.6) is 0 Å². The molecule has 4 rings (SSSR count). The number of anilines is 2. The summed E-state index contributed by atoms with van der Waals surface area (Å²) in [6.45, 7) is 1.61. The Hall–Kier alpha value is -2.07. The van der Waals surface area contributed by atoms with Gasteiger partial charge in [0.2, 0.25) is 5.95 Å². The lowest BCUT2D eigenvalue weighted by molar-refractivity contribution is -0.143. The Balaban J connectivity index is 1.48. The minimum atomic E-state index is -4.54. The maximum atomic E-state index is 13.2. The van der Waals surface area contributed by atoms with Crippen molar-refractivity contribution in [3.63, 3.8) is 0 Å². The first-order valence-electron chi connectivity index (χ1n) is 9.62. The van der Waals surface area contributed by atoms with E-state index in [9.17, 15) is 13.2 Å². The van der Waals surface area contributed by atoms with Crippen molar-refractivity contribution in [2.75, 3.05) is 23.7 Å². The summed E-state index contributed by atoms with van der Waals surface area (Å²) in [6, 6.07) is 3.08. The van der Waals surface area contributed by atoms with Crippen LogP contribution in [-0.2, 0) is 6.18 Å². The van der Waals surface area contributed by atoms with Gasteiger partial charge in [0.05, 0.1) is 4.90 Å². The third-order valence-electron chi connectivity index (χ3n) is 6.05. The van der Waals surface area contributed by atoms with Crippen LogP contribution in [0.1, 0.15) is 37.8 Å². The average molecular weight is 424 g/mol. The summed E-state index contributed by atoms with van der Waals surface area (Å²) in [7, 11) is 0. The number of hydrogen-bond donors (Lipinski definition) is 2. The van der Waals surface area contributed by atoms with Crippen molar-refractivity contribution in [2.24, 2.45) is 11.1 Å². The van der Waals surface area contributed by atoms with Gasteiger partial charge < -0.3 is 16.4 Å². The fourth-order valence-electron chi connectivity index (χ4n) is 4.35. The van der Waals surface area contributed by atoms with Crippen LogP contribution in [0.25, 0.3) is 0 Å². The Kier molecular flexibility index (Phi) is 5.32. The van der Waals surface area contributed by atoms with Gasteiger partial charge in [-0.05, 0) is 43.2 Å². The summed E-state index contributed by atoms with van der Waals surface area (Å²) in [6.07, 6.45) is 3.51. The number of pyridine rings is 1. The molecule has 1 aliphatic heterocycles. The van der Waals surface area contributed by atoms with Gasteiger partial charge in [-0.2, -0.15) is 18.2 Å². The number of nitrogens with zero attached hydrogens (tertiary/aromatic N) is 4. The number of nitrogens with two attached hydrogens (primary N) is 2. The molecule has 0 unspecified atom stereocenters. The lowest BCUT2D eigenvalue weighted by atomic mass is 9.74. The van der Waals surface area contributed by atoms with Crippen LogP contribution in [0.15, 0.2) is 34.3 Å². The molecule has 0 amide bonds. The van der Waals surface area contributed by atoms with E-state index < -0.39 is 11.9 Å². The number of alkyl halides is 3. The van der Waals surface area contributed by atoms with Crippen LogP contribution in [0.3, 0.4) is 0 Å². The topological polar surface area (TPSA) is 94.0 Å². The molecule has 0 radical (unpaired) electrons. The second-order valence-corrected chi connectivity index (χ2v) is 8.80. The van der Waals surface area contributed by atoms with E-state index in [2.05, 4.69) is 19.9 Å². The Morgan fingerprint density at radius 3 is 2.52 bits per heavy atom. The van der Waals surface area contributed by atoms with Gasteiger partial charge in [0.15, 0.2) is 5.69 Å². The predicted octanol–water partition coefficient (Wildman–Crippen LogP) is 3.72. The summed E-state index contributed by atoms with van der Waals surface area (Å²) in [5.74, 6) is 0.672. The van der Waals surface area contributed by atoms with Gasteiger partial charge >= 0.3 is 6.18 Å². The van der Waals surface area contributed by atoms with Crippen LogP contribution in [0.4, 0.5) is 24.9 Å². The Bertz CT molecular complexity index is 882. The lowest BCUT2D eigenvalue weighted by Crippen LogP contribution is -2.47. The van der Waals surface area contributed by atoms with Crippen molar-refractivity contribution in [1.29, 1.82) is 0 Å². The predicted molar refractivity (Wildman–Crippen MR) is 106 cm³/mol. The number of piperidine rings is 1. The first-order chi connectivity index (χ1) is 13.8. The Morgan fingerprint density at radius 2 is 1.90 bits per heavy atom. The summed E-state index contributed by atoms with van der Waals surface area (Å²) >= 11 is 0.871. The zero-order valence-electron chi connectivity index (χ0n) is 15.8. The quantitative estimate of drug-likeness (QED) is 0.775. The maximum absolute atomic E-state index is 13.2. The molecule has 2 aliphatic rings. The third kappa shape index (κ3) is 4.00. The van der Waals surface area contributed by atoms with E-state index in [-0.39, 0.29) is 22.2 Å². The van der Waals surface area contributed by atoms with E-state index in [0.29, 0.717) is 10.8 Å². The highest BCUT2D eigenvalue weighted by atomic mass is 32.2. The highest BCUT2D eigenvalue weighted by molar-refractivity contribution is 7.99. The van der Waals surface area contributed by atoms with Crippen LogP contribution >= 0.6 is 11.8 Å². The molecule has 1 atom stereocenters. The van der Waals surface area contributed by atoms with Crippen molar-refractivity contribution in [2.45, 2.75) is 54.1 Å². The number of aromatic nitrogens is 3. The molecule has 6 nitrogen and oxygen atoms in total. The summed E-state index contributed by atoms with van der Waals surface area (Å²) in [4.78, 5) is 14.6. The molecular formula is C19H23F3N6S. The first kappa shape index (κ1) is 20.2. The lowest BCUT2D eigenvalue weighted by Gasteiger charge is -2.42. The minimum absolute atomic E-state index is 0.0295. The molecule has 2 fully saturated rings. The molecule has 0 bridgehead atoms. The molecular weight excluding hydrogens is 401 g/mol. The standard InChI is InChI=1S/C19H23F3N6S/c20-19(21,22)15-12(3-2-8-25-15)29-13-11-26-17(27-16(13)24)28-9-6-18(7-10-28)5-1-4-14(18)23/h2-3,8,11,14H,1,4-7,9-10,23H2,(H2,24,26,27)/t14-/m0/s1. The molecule has 1 spiro atoms. The number of hydrogen-bond acceptors (Lipinski definition) is 7. The van der Waals surface area contributed by atoms with E-state index in [1.54, 1.807) is 0 Å². The molecule has 4 N–H and O–H groups in total. The number of nitrogen functional groups attached to an aromatic ring is 1. The smallest absolute Gasteiger partial charge is 0.383 e. The molecule has 10 heteroatoms. The van der Waals surface area contributed by atoms with E-state index >= 15 is 0 Å². The number of halogens is 3. The van der Waals surface area contributed by atoms with Gasteiger partial charge in [0, 0.05) is 36.4 Å². The minimum Gasteiger partial charge on any atom is -0.383 e. The second kappa shape index (κ2) is 7.64. The largest absolute Gasteiger partial charge is 0.434 e. The molecule has 156 valence electrons. The van der Waals surface area contributed by atoms with Crippen LogP contribution in [0, 0.1) is 5.41 Å². The van der Waals surface area contributed by atoms with E-state index in [1.807, 2.05) is 0 Å². The van der Waals surface area contributed by atoms with Crippen molar-refractivity contribution in [3.05, 3.63) is 30.2 Å². The first-order valence-corrected chi connectivity index (χ1v) is 10.4. The Morgan fingerprint density at radius 1 is 1.14 bits per heavy atom. The summed E-state index contributed by atoms with van der Waals surface area (Å²) in [5, 5.41) is 0.